The Morgan fingerprint density at radius 1 is 1.44 bits per heavy atom. The molecule has 0 aromatic rings. The van der Waals surface area contributed by atoms with Gasteiger partial charge in [0.2, 0.25) is 0 Å². The normalized spacial score (nSPS) is 33.4. The second-order valence-corrected chi connectivity index (χ2v) is 6.43. The van der Waals surface area contributed by atoms with Gasteiger partial charge in [0.15, 0.2) is 0 Å². The van der Waals surface area contributed by atoms with Crippen LogP contribution >= 0.6 is 0 Å². The number of methoxy groups -OCH3 is 1. The van der Waals surface area contributed by atoms with Crippen molar-refractivity contribution < 1.29 is 9.53 Å². The van der Waals surface area contributed by atoms with Crippen molar-refractivity contribution in [3.05, 3.63) is 0 Å². The van der Waals surface area contributed by atoms with Crippen molar-refractivity contribution in [2.24, 2.45) is 23.2 Å². The molecule has 0 N–H and O–H groups in total. The molecule has 1 rings (SSSR count). The quantitative estimate of drug-likeness (QED) is 0.655. The van der Waals surface area contributed by atoms with Crippen LogP contribution in [0.3, 0.4) is 0 Å². The van der Waals surface area contributed by atoms with Crippen LogP contribution in [0.2, 0.25) is 0 Å². The summed E-state index contributed by atoms with van der Waals surface area (Å²) in [6.45, 7) is 9.47. The summed E-state index contributed by atoms with van der Waals surface area (Å²) in [5.74, 6) is 2.16. The van der Waals surface area contributed by atoms with E-state index in [9.17, 15) is 4.79 Å². The van der Waals surface area contributed by atoms with E-state index in [0.29, 0.717) is 17.8 Å². The highest BCUT2D eigenvalue weighted by Crippen LogP contribution is 2.54. The lowest BCUT2D eigenvalue weighted by atomic mass is 9.66. The van der Waals surface area contributed by atoms with Crippen molar-refractivity contribution in [2.45, 2.75) is 66.2 Å². The van der Waals surface area contributed by atoms with Crippen LogP contribution in [-0.2, 0) is 9.53 Å². The fourth-order valence-corrected chi connectivity index (χ4v) is 4.01. The van der Waals surface area contributed by atoms with Gasteiger partial charge in [-0.1, -0.05) is 34.1 Å². The highest BCUT2D eigenvalue weighted by Gasteiger charge is 2.45. The number of carbonyl (C=O) groups excluding carboxylic acids is 1. The molecular formula is C16H30O2. The lowest BCUT2D eigenvalue weighted by molar-refractivity contribution is -0.141. The summed E-state index contributed by atoms with van der Waals surface area (Å²) in [5.41, 5.74) is 0.476. The number of rotatable bonds is 6. The Bertz CT molecular complexity index is 274. The first-order chi connectivity index (χ1) is 8.45. The van der Waals surface area contributed by atoms with Crippen LogP contribution in [0.25, 0.3) is 0 Å². The van der Waals surface area contributed by atoms with E-state index in [0.717, 1.165) is 18.3 Å². The fraction of sp³-hybridized carbons (Fsp3) is 0.938. The summed E-state index contributed by atoms with van der Waals surface area (Å²) in [4.78, 5) is 11.3. The largest absolute Gasteiger partial charge is 0.469 e. The van der Waals surface area contributed by atoms with Crippen LogP contribution in [0.4, 0.5) is 0 Å². The van der Waals surface area contributed by atoms with Crippen molar-refractivity contribution in [3.63, 3.8) is 0 Å². The van der Waals surface area contributed by atoms with E-state index >= 15 is 0 Å². The first-order valence-electron chi connectivity index (χ1n) is 7.52. The van der Waals surface area contributed by atoms with Gasteiger partial charge in [0.25, 0.3) is 0 Å². The topological polar surface area (TPSA) is 26.3 Å². The van der Waals surface area contributed by atoms with E-state index in [4.69, 9.17) is 4.74 Å². The summed E-state index contributed by atoms with van der Waals surface area (Å²) >= 11 is 0. The van der Waals surface area contributed by atoms with Crippen molar-refractivity contribution in [1.29, 1.82) is 0 Å². The van der Waals surface area contributed by atoms with Gasteiger partial charge in [-0.2, -0.15) is 0 Å². The second-order valence-electron chi connectivity index (χ2n) is 6.43. The predicted molar refractivity (Wildman–Crippen MR) is 75.3 cm³/mol. The molecule has 0 aromatic carbocycles. The van der Waals surface area contributed by atoms with Crippen LogP contribution in [0.5, 0.6) is 0 Å². The molecule has 18 heavy (non-hydrogen) atoms. The van der Waals surface area contributed by atoms with Gasteiger partial charge in [0.05, 0.1) is 7.11 Å². The molecule has 2 heteroatoms. The van der Waals surface area contributed by atoms with Gasteiger partial charge in [-0.15, -0.1) is 0 Å². The van der Waals surface area contributed by atoms with Crippen molar-refractivity contribution in [2.75, 3.05) is 7.11 Å². The van der Waals surface area contributed by atoms with Gasteiger partial charge in [0, 0.05) is 6.42 Å². The zero-order valence-corrected chi connectivity index (χ0v) is 12.8. The molecule has 1 aliphatic rings. The highest BCUT2D eigenvalue weighted by atomic mass is 16.5. The Morgan fingerprint density at radius 2 is 2.11 bits per heavy atom. The Labute approximate surface area is 112 Å². The third-order valence-electron chi connectivity index (χ3n) is 5.39. The smallest absolute Gasteiger partial charge is 0.305 e. The molecule has 1 fully saturated rings. The molecule has 0 heterocycles. The number of hydrogen-bond donors (Lipinski definition) is 0. The van der Waals surface area contributed by atoms with E-state index in [-0.39, 0.29) is 5.97 Å². The molecular weight excluding hydrogens is 224 g/mol. The average molecular weight is 254 g/mol. The van der Waals surface area contributed by atoms with E-state index in [1.54, 1.807) is 0 Å². The predicted octanol–water partition coefficient (Wildman–Crippen LogP) is 4.43. The van der Waals surface area contributed by atoms with E-state index in [2.05, 4.69) is 27.7 Å². The molecule has 0 radical (unpaired) electrons. The minimum Gasteiger partial charge on any atom is -0.469 e. The number of ether oxygens (including phenoxy) is 1. The Balaban J connectivity index is 2.60. The third kappa shape index (κ3) is 3.27. The van der Waals surface area contributed by atoms with Crippen molar-refractivity contribution in [3.8, 4) is 0 Å². The molecule has 0 spiro atoms. The molecule has 106 valence electrons. The molecule has 2 nitrogen and oxygen atoms in total. The van der Waals surface area contributed by atoms with Crippen LogP contribution in [0, 0.1) is 23.2 Å². The summed E-state index contributed by atoms with van der Waals surface area (Å²) in [6, 6.07) is 0. The first-order valence-corrected chi connectivity index (χ1v) is 7.52. The number of esters is 1. The standard InChI is InChI=1S/C16H30O2/c1-6-11-16(4)13(3)8-9-14(16)12(2)7-10-15(17)18-5/h12-14H,6-11H2,1-5H3/t12-,13?,14?,16+/m1/s1. The molecule has 0 saturated heterocycles. The van der Waals surface area contributed by atoms with Gasteiger partial charge >= 0.3 is 5.97 Å². The SMILES string of the molecule is CCC[C@@]1(C)C(C)CCC1[C@H](C)CCC(=O)OC. The number of carbonyl (C=O) groups is 1. The van der Waals surface area contributed by atoms with Crippen LogP contribution in [0.15, 0.2) is 0 Å². The maximum absolute atomic E-state index is 11.3. The van der Waals surface area contributed by atoms with Crippen LogP contribution in [0.1, 0.15) is 66.2 Å². The Morgan fingerprint density at radius 3 is 2.67 bits per heavy atom. The van der Waals surface area contributed by atoms with E-state index < -0.39 is 0 Å². The lowest BCUT2D eigenvalue weighted by Crippen LogP contribution is -2.31. The van der Waals surface area contributed by atoms with E-state index in [1.807, 2.05) is 0 Å². The van der Waals surface area contributed by atoms with Crippen molar-refractivity contribution in [1.82, 2.24) is 0 Å². The Kier molecular flexibility index (Phi) is 5.68. The summed E-state index contributed by atoms with van der Waals surface area (Å²) in [6.07, 6.45) is 6.82. The average Bonchev–Trinajstić information content (AvgIpc) is 2.63. The molecule has 1 aliphatic carbocycles. The minimum atomic E-state index is -0.0647. The molecule has 0 aliphatic heterocycles. The lowest BCUT2D eigenvalue weighted by Gasteiger charge is -2.39. The van der Waals surface area contributed by atoms with Gasteiger partial charge < -0.3 is 4.74 Å². The monoisotopic (exact) mass is 254 g/mol. The van der Waals surface area contributed by atoms with Gasteiger partial charge in [-0.3, -0.25) is 4.79 Å². The zero-order chi connectivity index (χ0) is 13.8. The van der Waals surface area contributed by atoms with Gasteiger partial charge in [-0.25, -0.2) is 0 Å². The van der Waals surface area contributed by atoms with E-state index in [1.165, 1.54) is 32.8 Å². The minimum absolute atomic E-state index is 0.0647. The molecule has 4 atom stereocenters. The molecule has 0 amide bonds. The fourth-order valence-electron chi connectivity index (χ4n) is 4.01. The summed E-state index contributed by atoms with van der Waals surface area (Å²) in [5, 5.41) is 0. The summed E-state index contributed by atoms with van der Waals surface area (Å²) < 4.78 is 4.74. The summed E-state index contributed by atoms with van der Waals surface area (Å²) in [7, 11) is 1.48. The molecule has 0 aromatic heterocycles. The maximum atomic E-state index is 11.3. The molecule has 0 bridgehead atoms. The second kappa shape index (κ2) is 6.58. The van der Waals surface area contributed by atoms with Gasteiger partial charge in [-0.05, 0) is 48.9 Å². The number of hydrogen-bond acceptors (Lipinski definition) is 2. The maximum Gasteiger partial charge on any atom is 0.305 e. The third-order valence-corrected chi connectivity index (χ3v) is 5.39. The van der Waals surface area contributed by atoms with Crippen LogP contribution < -0.4 is 0 Å². The van der Waals surface area contributed by atoms with Gasteiger partial charge in [0.1, 0.15) is 0 Å². The Hall–Kier alpha value is -0.530. The zero-order valence-electron chi connectivity index (χ0n) is 12.8. The van der Waals surface area contributed by atoms with Crippen molar-refractivity contribution >= 4 is 5.97 Å². The molecule has 2 unspecified atom stereocenters. The van der Waals surface area contributed by atoms with Crippen LogP contribution in [-0.4, -0.2) is 13.1 Å². The molecule has 1 saturated carbocycles. The highest BCUT2D eigenvalue weighted by molar-refractivity contribution is 5.69. The first kappa shape index (κ1) is 15.5.